The first-order chi connectivity index (χ1) is 12.5. The fourth-order valence-electron chi connectivity index (χ4n) is 5.34. The Hall–Kier alpha value is -2.01. The Morgan fingerprint density at radius 3 is 2.77 bits per heavy atom. The molecule has 0 radical (unpaired) electrons. The van der Waals surface area contributed by atoms with Crippen molar-refractivity contribution >= 4 is 16.8 Å². The molecule has 2 bridgehead atoms. The number of amides is 1. The number of hydrogen-bond donors (Lipinski definition) is 1. The molecule has 0 spiro atoms. The number of aliphatic hydroxyl groups is 1. The zero-order chi connectivity index (χ0) is 18.6. The maximum atomic E-state index is 13.7. The highest BCUT2D eigenvalue weighted by molar-refractivity contribution is 6.09. The van der Waals surface area contributed by atoms with Gasteiger partial charge in [-0.1, -0.05) is 6.92 Å². The van der Waals surface area contributed by atoms with Gasteiger partial charge in [-0.3, -0.25) is 4.79 Å². The van der Waals surface area contributed by atoms with Crippen LogP contribution < -0.4 is 4.74 Å². The second-order valence-electron chi connectivity index (χ2n) is 7.94. The molecule has 2 fully saturated rings. The van der Waals surface area contributed by atoms with Crippen LogP contribution in [0.15, 0.2) is 18.2 Å². The van der Waals surface area contributed by atoms with Crippen LogP contribution in [0.5, 0.6) is 5.75 Å². The molecule has 5 heteroatoms. The first kappa shape index (κ1) is 17.4. The Labute approximate surface area is 154 Å². The summed E-state index contributed by atoms with van der Waals surface area (Å²) in [5, 5.41) is 11.0. The van der Waals surface area contributed by atoms with Crippen molar-refractivity contribution in [3.63, 3.8) is 0 Å². The summed E-state index contributed by atoms with van der Waals surface area (Å²) in [5.41, 5.74) is 2.68. The summed E-state index contributed by atoms with van der Waals surface area (Å²) in [6, 6.07) is 6.31. The van der Waals surface area contributed by atoms with Gasteiger partial charge in [0, 0.05) is 41.1 Å². The average molecular weight is 356 g/mol. The Morgan fingerprint density at radius 2 is 2.15 bits per heavy atom. The SMILES string of the molecule is CC[C@@]1(CO)C[C@@H]2CC[C@H]1N2C(=O)c1c(C)n(C)c2ccc(OC)cc12. The highest BCUT2D eigenvalue weighted by Gasteiger charge is 2.56. The van der Waals surface area contributed by atoms with Crippen LogP contribution in [0.4, 0.5) is 0 Å². The van der Waals surface area contributed by atoms with E-state index in [0.29, 0.717) is 0 Å². The summed E-state index contributed by atoms with van der Waals surface area (Å²) in [6.45, 7) is 4.31. The quantitative estimate of drug-likeness (QED) is 0.915. The van der Waals surface area contributed by atoms with Gasteiger partial charge in [-0.2, -0.15) is 0 Å². The first-order valence-electron chi connectivity index (χ1n) is 9.54. The maximum absolute atomic E-state index is 13.7. The third-order valence-electron chi connectivity index (χ3n) is 7.02. The summed E-state index contributed by atoms with van der Waals surface area (Å²) in [7, 11) is 3.65. The van der Waals surface area contributed by atoms with Crippen LogP contribution in [-0.4, -0.2) is 46.3 Å². The zero-order valence-electron chi connectivity index (χ0n) is 16.1. The van der Waals surface area contributed by atoms with Crippen LogP contribution >= 0.6 is 0 Å². The summed E-state index contributed by atoms with van der Waals surface area (Å²) in [5.74, 6) is 0.873. The zero-order valence-corrected chi connectivity index (χ0v) is 16.1. The van der Waals surface area contributed by atoms with E-state index in [1.54, 1.807) is 7.11 Å². The van der Waals surface area contributed by atoms with Crippen molar-refractivity contribution in [1.82, 2.24) is 9.47 Å². The van der Waals surface area contributed by atoms with Crippen molar-refractivity contribution in [1.29, 1.82) is 0 Å². The molecule has 26 heavy (non-hydrogen) atoms. The number of fused-ring (bicyclic) bond motifs is 3. The van der Waals surface area contributed by atoms with Crippen LogP contribution in [0.1, 0.15) is 48.7 Å². The van der Waals surface area contributed by atoms with Crippen LogP contribution in [0.3, 0.4) is 0 Å². The fraction of sp³-hybridized carbons (Fsp3) is 0.571. The van der Waals surface area contributed by atoms with E-state index in [0.717, 1.165) is 53.6 Å². The van der Waals surface area contributed by atoms with E-state index in [4.69, 9.17) is 4.74 Å². The van der Waals surface area contributed by atoms with E-state index in [-0.39, 0.29) is 30.0 Å². The molecule has 2 aliphatic heterocycles. The second kappa shape index (κ2) is 6.02. The average Bonchev–Trinajstić information content (AvgIpc) is 3.30. The van der Waals surface area contributed by atoms with Crippen molar-refractivity contribution < 1.29 is 14.6 Å². The van der Waals surface area contributed by atoms with Crippen molar-refractivity contribution in [3.05, 3.63) is 29.5 Å². The highest BCUT2D eigenvalue weighted by atomic mass is 16.5. The molecule has 4 rings (SSSR count). The van der Waals surface area contributed by atoms with E-state index in [9.17, 15) is 9.90 Å². The summed E-state index contributed by atoms with van der Waals surface area (Å²) >= 11 is 0. The van der Waals surface area contributed by atoms with E-state index >= 15 is 0 Å². The third-order valence-corrected chi connectivity index (χ3v) is 7.02. The number of carbonyl (C=O) groups is 1. The minimum Gasteiger partial charge on any atom is -0.497 e. The lowest BCUT2D eigenvalue weighted by Gasteiger charge is -2.34. The van der Waals surface area contributed by atoms with E-state index in [2.05, 4.69) is 16.4 Å². The molecule has 140 valence electrons. The molecule has 2 saturated heterocycles. The highest BCUT2D eigenvalue weighted by Crippen LogP contribution is 2.52. The molecule has 5 nitrogen and oxygen atoms in total. The molecule has 1 amide bonds. The predicted octanol–water partition coefficient (Wildman–Crippen LogP) is 3.26. The van der Waals surface area contributed by atoms with Gasteiger partial charge in [0.05, 0.1) is 19.3 Å². The fourth-order valence-corrected chi connectivity index (χ4v) is 5.34. The van der Waals surface area contributed by atoms with Crippen LogP contribution in [0.2, 0.25) is 0 Å². The van der Waals surface area contributed by atoms with Gasteiger partial charge in [-0.25, -0.2) is 0 Å². The monoisotopic (exact) mass is 356 g/mol. The number of methoxy groups -OCH3 is 1. The molecule has 3 heterocycles. The number of nitrogens with zero attached hydrogens (tertiary/aromatic N) is 2. The van der Waals surface area contributed by atoms with E-state index in [1.165, 1.54) is 0 Å². The van der Waals surface area contributed by atoms with Gasteiger partial charge in [-0.15, -0.1) is 0 Å². The Morgan fingerprint density at radius 1 is 1.38 bits per heavy atom. The van der Waals surface area contributed by atoms with Crippen LogP contribution in [0.25, 0.3) is 10.9 Å². The second-order valence-corrected chi connectivity index (χ2v) is 7.94. The van der Waals surface area contributed by atoms with Crippen LogP contribution in [0, 0.1) is 12.3 Å². The molecule has 0 saturated carbocycles. The smallest absolute Gasteiger partial charge is 0.256 e. The summed E-state index contributed by atoms with van der Waals surface area (Å²) in [4.78, 5) is 15.7. The minimum atomic E-state index is -0.130. The standard InChI is InChI=1S/C21H28N2O3/c1-5-21(12-24)11-14-6-9-18(21)23(14)20(25)19-13(2)22(3)17-8-7-15(26-4)10-16(17)19/h7-8,10,14,18,24H,5-6,9,11-12H2,1-4H3/t14-,18+,21-/m0/s1. The van der Waals surface area contributed by atoms with E-state index < -0.39 is 0 Å². The number of aromatic nitrogens is 1. The molecular weight excluding hydrogens is 328 g/mol. The normalized spacial score (nSPS) is 27.5. The van der Waals surface area contributed by atoms with Crippen molar-refractivity contribution in [2.24, 2.45) is 12.5 Å². The molecule has 0 unspecified atom stereocenters. The summed E-state index contributed by atoms with van der Waals surface area (Å²) < 4.78 is 7.47. The molecule has 2 aliphatic rings. The van der Waals surface area contributed by atoms with Crippen molar-refractivity contribution in [3.8, 4) is 5.75 Å². The van der Waals surface area contributed by atoms with Crippen LogP contribution in [-0.2, 0) is 7.05 Å². The number of aliphatic hydroxyl groups excluding tert-OH is 1. The lowest BCUT2D eigenvalue weighted by Crippen LogP contribution is -2.42. The van der Waals surface area contributed by atoms with Gasteiger partial charge >= 0.3 is 0 Å². The summed E-state index contributed by atoms with van der Waals surface area (Å²) in [6.07, 6.45) is 3.88. The van der Waals surface area contributed by atoms with Crippen molar-refractivity contribution in [2.45, 2.75) is 51.6 Å². The molecule has 2 aromatic rings. The van der Waals surface area contributed by atoms with E-state index in [1.807, 2.05) is 32.2 Å². The first-order valence-corrected chi connectivity index (χ1v) is 9.54. The number of benzene rings is 1. The van der Waals surface area contributed by atoms with Gasteiger partial charge in [0.2, 0.25) is 0 Å². The number of ether oxygens (including phenoxy) is 1. The Bertz CT molecular complexity index is 866. The van der Waals surface area contributed by atoms with Gasteiger partial charge in [0.25, 0.3) is 5.91 Å². The topological polar surface area (TPSA) is 54.7 Å². The molecule has 1 aromatic carbocycles. The van der Waals surface area contributed by atoms with Gasteiger partial charge in [0.1, 0.15) is 5.75 Å². The lowest BCUT2D eigenvalue weighted by molar-refractivity contribution is 0.0558. The Balaban J connectivity index is 1.81. The lowest BCUT2D eigenvalue weighted by atomic mass is 9.72. The van der Waals surface area contributed by atoms with Gasteiger partial charge < -0.3 is 19.3 Å². The largest absolute Gasteiger partial charge is 0.497 e. The Kier molecular flexibility index (Phi) is 4.03. The number of rotatable bonds is 4. The third kappa shape index (κ3) is 2.16. The maximum Gasteiger partial charge on any atom is 0.256 e. The number of aryl methyl sites for hydroxylation is 1. The molecule has 1 N–H and O–H groups in total. The number of hydrogen-bond acceptors (Lipinski definition) is 3. The minimum absolute atomic E-state index is 0.109. The van der Waals surface area contributed by atoms with Gasteiger partial charge in [-0.05, 0) is 50.8 Å². The predicted molar refractivity (Wildman–Crippen MR) is 102 cm³/mol. The number of carbonyl (C=O) groups excluding carboxylic acids is 1. The molecular formula is C21H28N2O3. The molecule has 0 aliphatic carbocycles. The van der Waals surface area contributed by atoms with Crippen molar-refractivity contribution in [2.75, 3.05) is 13.7 Å². The van der Waals surface area contributed by atoms with Gasteiger partial charge in [0.15, 0.2) is 0 Å². The molecule has 3 atom stereocenters. The molecule has 1 aromatic heterocycles.